The molecule has 212 valence electrons. The second-order valence-electron chi connectivity index (χ2n) is 9.04. The van der Waals surface area contributed by atoms with Crippen LogP contribution >= 0.6 is 0 Å². The number of aldehydes is 1. The van der Waals surface area contributed by atoms with Crippen LogP contribution in [0, 0.1) is 0 Å². The van der Waals surface area contributed by atoms with Gasteiger partial charge in [0.1, 0.15) is 25.0 Å². The SMILES string of the molecule is COC(=O)[C@H](Cc1ccc(OC)c(OCc2ccccc2)c1)NC(=O)[C@H](CO)NCC(C=O)N1CCOCC1. The first-order valence-electron chi connectivity index (χ1n) is 12.8. The van der Waals surface area contributed by atoms with Gasteiger partial charge in [-0.2, -0.15) is 0 Å². The van der Waals surface area contributed by atoms with Gasteiger partial charge in [0.25, 0.3) is 0 Å². The predicted octanol–water partition coefficient (Wildman–Crippen LogP) is 0.325. The van der Waals surface area contributed by atoms with Crippen molar-refractivity contribution >= 4 is 18.2 Å². The van der Waals surface area contributed by atoms with E-state index in [1.165, 1.54) is 14.2 Å². The van der Waals surface area contributed by atoms with E-state index >= 15 is 0 Å². The zero-order valence-corrected chi connectivity index (χ0v) is 22.3. The van der Waals surface area contributed by atoms with Crippen LogP contribution in [-0.2, 0) is 36.9 Å². The van der Waals surface area contributed by atoms with Crippen molar-refractivity contribution in [3.63, 3.8) is 0 Å². The van der Waals surface area contributed by atoms with Crippen molar-refractivity contribution in [3.05, 3.63) is 59.7 Å². The van der Waals surface area contributed by atoms with Crippen molar-refractivity contribution in [2.75, 3.05) is 53.7 Å². The Kier molecular flexibility index (Phi) is 12.2. The minimum atomic E-state index is -1.03. The minimum absolute atomic E-state index is 0.118. The van der Waals surface area contributed by atoms with Crippen LogP contribution in [0.3, 0.4) is 0 Å². The van der Waals surface area contributed by atoms with E-state index in [-0.39, 0.29) is 13.0 Å². The van der Waals surface area contributed by atoms with Crippen molar-refractivity contribution < 1.29 is 38.4 Å². The summed E-state index contributed by atoms with van der Waals surface area (Å²) in [5.41, 5.74) is 1.69. The van der Waals surface area contributed by atoms with Crippen LogP contribution in [-0.4, -0.2) is 100.0 Å². The lowest BCUT2D eigenvalue weighted by Gasteiger charge is -2.32. The number of ether oxygens (including phenoxy) is 4. The Morgan fingerprint density at radius 2 is 1.79 bits per heavy atom. The second kappa shape index (κ2) is 15.8. The number of rotatable bonds is 15. The number of esters is 1. The first-order chi connectivity index (χ1) is 19.0. The number of morpholine rings is 1. The quantitative estimate of drug-likeness (QED) is 0.213. The third-order valence-corrected chi connectivity index (χ3v) is 6.45. The van der Waals surface area contributed by atoms with E-state index in [0.29, 0.717) is 50.0 Å². The highest BCUT2D eigenvalue weighted by Gasteiger charge is 2.28. The van der Waals surface area contributed by atoms with E-state index in [4.69, 9.17) is 18.9 Å². The molecular formula is C28H37N3O8. The lowest BCUT2D eigenvalue weighted by molar-refractivity contribution is -0.145. The second-order valence-corrected chi connectivity index (χ2v) is 9.04. The number of amides is 1. The van der Waals surface area contributed by atoms with Crippen LogP contribution < -0.4 is 20.1 Å². The number of hydrogen-bond donors (Lipinski definition) is 3. The number of carbonyl (C=O) groups excluding carboxylic acids is 3. The van der Waals surface area contributed by atoms with Gasteiger partial charge in [0, 0.05) is 26.1 Å². The molecule has 1 aliphatic heterocycles. The number of nitrogens with zero attached hydrogens (tertiary/aromatic N) is 1. The molecule has 39 heavy (non-hydrogen) atoms. The average molecular weight is 544 g/mol. The lowest BCUT2D eigenvalue weighted by Crippen LogP contribution is -2.56. The van der Waals surface area contributed by atoms with E-state index in [0.717, 1.165) is 11.8 Å². The molecule has 0 aromatic heterocycles. The normalized spacial score (nSPS) is 16.0. The number of nitrogens with one attached hydrogen (secondary N) is 2. The molecule has 0 saturated carbocycles. The van der Waals surface area contributed by atoms with Crippen molar-refractivity contribution in [1.29, 1.82) is 0 Å². The number of benzene rings is 2. The van der Waals surface area contributed by atoms with Crippen molar-refractivity contribution in [1.82, 2.24) is 15.5 Å². The molecule has 1 unspecified atom stereocenters. The van der Waals surface area contributed by atoms with Crippen LogP contribution in [0.1, 0.15) is 11.1 Å². The van der Waals surface area contributed by atoms with Gasteiger partial charge < -0.3 is 39.5 Å². The molecule has 3 atom stereocenters. The van der Waals surface area contributed by atoms with E-state index in [9.17, 15) is 19.5 Å². The number of carbonyl (C=O) groups is 3. The van der Waals surface area contributed by atoms with Crippen LogP contribution in [0.25, 0.3) is 0 Å². The molecule has 2 aromatic carbocycles. The van der Waals surface area contributed by atoms with Gasteiger partial charge in [0.15, 0.2) is 11.5 Å². The first kappa shape index (κ1) is 30.0. The Balaban J connectivity index is 1.65. The molecule has 1 aliphatic rings. The Labute approximate surface area is 228 Å². The van der Waals surface area contributed by atoms with Crippen LogP contribution in [0.4, 0.5) is 0 Å². The fourth-order valence-corrected chi connectivity index (χ4v) is 4.22. The molecule has 11 heteroatoms. The first-order valence-corrected chi connectivity index (χ1v) is 12.8. The summed E-state index contributed by atoms with van der Waals surface area (Å²) in [6.45, 7) is 2.22. The summed E-state index contributed by atoms with van der Waals surface area (Å²) in [6.07, 6.45) is 0.927. The minimum Gasteiger partial charge on any atom is -0.493 e. The zero-order valence-electron chi connectivity index (χ0n) is 22.3. The maximum absolute atomic E-state index is 13.0. The summed E-state index contributed by atoms with van der Waals surface area (Å²) in [4.78, 5) is 39.1. The van der Waals surface area contributed by atoms with Gasteiger partial charge in [0.05, 0.1) is 40.1 Å². The van der Waals surface area contributed by atoms with Crippen molar-refractivity contribution in [2.24, 2.45) is 0 Å². The third kappa shape index (κ3) is 9.03. The van der Waals surface area contributed by atoms with Crippen LogP contribution in [0.5, 0.6) is 11.5 Å². The fraction of sp³-hybridized carbons (Fsp3) is 0.464. The molecule has 3 rings (SSSR count). The Morgan fingerprint density at radius 3 is 2.44 bits per heavy atom. The third-order valence-electron chi connectivity index (χ3n) is 6.45. The molecular weight excluding hydrogens is 506 g/mol. The van der Waals surface area contributed by atoms with Gasteiger partial charge in [0.2, 0.25) is 5.91 Å². The van der Waals surface area contributed by atoms with Gasteiger partial charge >= 0.3 is 5.97 Å². The van der Waals surface area contributed by atoms with Gasteiger partial charge in [-0.3, -0.25) is 9.69 Å². The topological polar surface area (TPSA) is 136 Å². The highest BCUT2D eigenvalue weighted by atomic mass is 16.5. The van der Waals surface area contributed by atoms with Gasteiger partial charge in [-0.25, -0.2) is 4.79 Å². The number of methoxy groups -OCH3 is 2. The molecule has 0 aliphatic carbocycles. The molecule has 1 saturated heterocycles. The monoisotopic (exact) mass is 543 g/mol. The van der Waals surface area contributed by atoms with E-state index < -0.39 is 36.6 Å². The number of hydrogen-bond acceptors (Lipinski definition) is 10. The van der Waals surface area contributed by atoms with Gasteiger partial charge in [-0.15, -0.1) is 0 Å². The molecule has 0 spiro atoms. The molecule has 3 N–H and O–H groups in total. The summed E-state index contributed by atoms with van der Waals surface area (Å²) < 4.78 is 21.6. The molecule has 1 fully saturated rings. The summed E-state index contributed by atoms with van der Waals surface area (Å²) in [5, 5.41) is 15.4. The smallest absolute Gasteiger partial charge is 0.328 e. The Morgan fingerprint density at radius 1 is 1.05 bits per heavy atom. The van der Waals surface area contributed by atoms with E-state index in [1.54, 1.807) is 18.2 Å². The summed E-state index contributed by atoms with van der Waals surface area (Å²) in [7, 11) is 2.78. The predicted molar refractivity (Wildman–Crippen MR) is 143 cm³/mol. The summed E-state index contributed by atoms with van der Waals surface area (Å²) >= 11 is 0. The highest BCUT2D eigenvalue weighted by Crippen LogP contribution is 2.29. The van der Waals surface area contributed by atoms with Crippen LogP contribution in [0.15, 0.2) is 48.5 Å². The number of aliphatic hydroxyl groups is 1. The summed E-state index contributed by atoms with van der Waals surface area (Å²) in [5.74, 6) is -0.204. The molecule has 1 heterocycles. The average Bonchev–Trinajstić information content (AvgIpc) is 2.98. The standard InChI is InChI=1S/C28H37N3O8/c1-36-25-9-8-21(15-26(25)39-19-20-6-4-3-5-7-20)14-23(28(35)37-2)30-27(34)24(18-33)29-16-22(17-32)31-10-12-38-13-11-31/h3-9,15,17,22-24,29,33H,10-14,16,18-19H2,1-2H3,(H,30,34)/t22?,23-,24-/m0/s1. The molecule has 11 nitrogen and oxygen atoms in total. The molecule has 1 amide bonds. The molecule has 0 bridgehead atoms. The fourth-order valence-electron chi connectivity index (χ4n) is 4.22. The maximum atomic E-state index is 13.0. The largest absolute Gasteiger partial charge is 0.493 e. The number of aliphatic hydroxyl groups excluding tert-OH is 1. The van der Waals surface area contributed by atoms with E-state index in [2.05, 4.69) is 10.6 Å². The van der Waals surface area contributed by atoms with Gasteiger partial charge in [-0.1, -0.05) is 36.4 Å². The van der Waals surface area contributed by atoms with E-state index in [1.807, 2.05) is 35.2 Å². The maximum Gasteiger partial charge on any atom is 0.328 e. The zero-order chi connectivity index (χ0) is 28.0. The highest BCUT2D eigenvalue weighted by molar-refractivity contribution is 5.87. The molecule has 2 aromatic rings. The molecule has 0 radical (unpaired) electrons. The Hall–Kier alpha value is -3.51. The lowest BCUT2D eigenvalue weighted by atomic mass is 10.0. The summed E-state index contributed by atoms with van der Waals surface area (Å²) in [6, 6.07) is 12.4. The van der Waals surface area contributed by atoms with Crippen molar-refractivity contribution in [2.45, 2.75) is 31.2 Å². The Bertz CT molecular complexity index is 1060. The van der Waals surface area contributed by atoms with Gasteiger partial charge in [-0.05, 0) is 23.3 Å². The van der Waals surface area contributed by atoms with Crippen molar-refractivity contribution in [3.8, 4) is 11.5 Å². The van der Waals surface area contributed by atoms with Crippen LogP contribution in [0.2, 0.25) is 0 Å².